The molecule has 2 amide bonds. The number of rotatable bonds is 3. The van der Waals surface area contributed by atoms with Crippen molar-refractivity contribution >= 4 is 17.4 Å². The summed E-state index contributed by atoms with van der Waals surface area (Å²) >= 11 is 0. The topological polar surface area (TPSA) is 57.7 Å². The number of likely N-dealkylation sites (tertiary alicyclic amines) is 1. The van der Waals surface area contributed by atoms with Gasteiger partial charge in [0.15, 0.2) is 0 Å². The molecule has 1 unspecified atom stereocenters. The lowest BCUT2D eigenvalue weighted by molar-refractivity contribution is -0.0117. The molecule has 2 fully saturated rings. The van der Waals surface area contributed by atoms with E-state index in [1.165, 1.54) is 12.1 Å². The Bertz CT molecular complexity index is 853. The number of nitrogens with zero attached hydrogens (tertiary/aromatic N) is 3. The van der Waals surface area contributed by atoms with Gasteiger partial charge in [0.25, 0.3) is 0 Å². The number of carbonyl (C=O) groups excluding carboxylic acids is 1. The highest BCUT2D eigenvalue weighted by atomic mass is 19.1. The molecule has 0 aliphatic carbocycles. The third-order valence-electron chi connectivity index (χ3n) is 5.44. The zero-order valence-corrected chi connectivity index (χ0v) is 16.2. The van der Waals surface area contributed by atoms with Crippen LogP contribution in [0.5, 0.6) is 0 Å². The number of amides is 2. The number of benzene rings is 1. The first-order chi connectivity index (χ1) is 13.5. The predicted octanol–water partition coefficient (Wildman–Crippen LogP) is 3.67. The number of carbonyl (C=O) groups is 1. The van der Waals surface area contributed by atoms with Crippen LogP contribution >= 0.6 is 0 Å². The van der Waals surface area contributed by atoms with E-state index in [-0.39, 0.29) is 23.3 Å². The number of ether oxygens (including phenoxy) is 1. The highest BCUT2D eigenvalue weighted by Gasteiger charge is 2.49. The lowest BCUT2D eigenvalue weighted by Crippen LogP contribution is -2.59. The van der Waals surface area contributed by atoms with Crippen LogP contribution in [0.25, 0.3) is 0 Å². The van der Waals surface area contributed by atoms with Crippen molar-refractivity contribution in [2.45, 2.75) is 19.9 Å². The van der Waals surface area contributed by atoms with Crippen LogP contribution in [0.1, 0.15) is 25.5 Å². The highest BCUT2D eigenvalue weighted by Crippen LogP contribution is 2.48. The third-order valence-corrected chi connectivity index (χ3v) is 5.44. The van der Waals surface area contributed by atoms with E-state index in [1.807, 2.05) is 28.1 Å². The van der Waals surface area contributed by atoms with Gasteiger partial charge in [0.1, 0.15) is 5.82 Å². The quantitative estimate of drug-likeness (QED) is 0.877. The second kappa shape index (κ2) is 7.39. The standard InChI is InChI=1S/C21H25FN4O2/c1-21(2)14-26(19(21)15-4-3-7-23-13-15)20(27)24-17-6-5-16(22)12-18(17)25-8-10-28-11-9-25/h3-7,12-13,19H,8-11,14H2,1-2H3,(H,24,27). The molecule has 0 saturated carbocycles. The molecule has 148 valence electrons. The van der Waals surface area contributed by atoms with E-state index >= 15 is 0 Å². The van der Waals surface area contributed by atoms with Crippen molar-refractivity contribution in [3.8, 4) is 0 Å². The zero-order valence-electron chi connectivity index (χ0n) is 16.2. The van der Waals surface area contributed by atoms with E-state index < -0.39 is 0 Å². The maximum Gasteiger partial charge on any atom is 0.322 e. The summed E-state index contributed by atoms with van der Waals surface area (Å²) in [5.41, 5.74) is 2.29. The van der Waals surface area contributed by atoms with Crippen LogP contribution in [0.15, 0.2) is 42.7 Å². The Morgan fingerprint density at radius 1 is 1.29 bits per heavy atom. The van der Waals surface area contributed by atoms with Gasteiger partial charge in [0.2, 0.25) is 0 Å². The van der Waals surface area contributed by atoms with Crippen molar-refractivity contribution in [1.29, 1.82) is 0 Å². The summed E-state index contributed by atoms with van der Waals surface area (Å²) in [6.07, 6.45) is 3.54. The number of hydrogen-bond acceptors (Lipinski definition) is 4. The molecule has 1 atom stereocenters. The van der Waals surface area contributed by atoms with Gasteiger partial charge in [0.05, 0.1) is 30.6 Å². The van der Waals surface area contributed by atoms with Crippen molar-refractivity contribution in [1.82, 2.24) is 9.88 Å². The first-order valence-corrected chi connectivity index (χ1v) is 9.55. The molecule has 4 rings (SSSR count). The Balaban J connectivity index is 1.55. The maximum absolute atomic E-state index is 13.9. The zero-order chi connectivity index (χ0) is 19.7. The molecule has 7 heteroatoms. The first kappa shape index (κ1) is 18.7. The lowest BCUT2D eigenvalue weighted by atomic mass is 9.72. The number of urea groups is 1. The third kappa shape index (κ3) is 3.54. The normalized spacial score (nSPS) is 21.2. The van der Waals surface area contributed by atoms with Gasteiger partial charge >= 0.3 is 6.03 Å². The minimum Gasteiger partial charge on any atom is -0.378 e. The van der Waals surface area contributed by atoms with E-state index in [0.29, 0.717) is 44.2 Å². The van der Waals surface area contributed by atoms with Gasteiger partial charge in [-0.05, 0) is 29.8 Å². The minimum absolute atomic E-state index is 0.0315. The summed E-state index contributed by atoms with van der Waals surface area (Å²) in [4.78, 5) is 21.1. The molecule has 2 aliphatic heterocycles. The average Bonchev–Trinajstić information content (AvgIpc) is 2.69. The van der Waals surface area contributed by atoms with Gasteiger partial charge in [-0.3, -0.25) is 4.98 Å². The van der Waals surface area contributed by atoms with Crippen molar-refractivity contribution < 1.29 is 13.9 Å². The Kier molecular flexibility index (Phi) is 4.93. The van der Waals surface area contributed by atoms with Gasteiger partial charge in [-0.15, -0.1) is 0 Å². The second-order valence-corrected chi connectivity index (χ2v) is 8.00. The number of pyridine rings is 1. The predicted molar refractivity (Wildman–Crippen MR) is 106 cm³/mol. The van der Waals surface area contributed by atoms with Crippen LogP contribution in [-0.4, -0.2) is 48.8 Å². The summed E-state index contributed by atoms with van der Waals surface area (Å²) in [6.45, 7) is 7.45. The number of anilines is 2. The van der Waals surface area contributed by atoms with E-state index in [2.05, 4.69) is 24.1 Å². The van der Waals surface area contributed by atoms with Crippen molar-refractivity contribution in [3.05, 3.63) is 54.1 Å². The molecule has 1 N–H and O–H groups in total. The number of halogens is 1. The van der Waals surface area contributed by atoms with Crippen LogP contribution in [0.4, 0.5) is 20.6 Å². The molecule has 2 aliphatic rings. The van der Waals surface area contributed by atoms with Crippen LogP contribution in [0, 0.1) is 11.2 Å². The van der Waals surface area contributed by atoms with Gasteiger partial charge in [0, 0.05) is 37.4 Å². The number of morpholine rings is 1. The van der Waals surface area contributed by atoms with E-state index in [4.69, 9.17) is 4.74 Å². The molecule has 0 spiro atoms. The van der Waals surface area contributed by atoms with E-state index in [1.54, 1.807) is 12.3 Å². The van der Waals surface area contributed by atoms with Crippen molar-refractivity contribution in [2.75, 3.05) is 43.1 Å². The molecule has 2 aromatic rings. The second-order valence-electron chi connectivity index (χ2n) is 8.00. The summed E-state index contributed by atoms with van der Waals surface area (Å²) in [6, 6.07) is 8.12. The Morgan fingerprint density at radius 3 is 2.75 bits per heavy atom. The average molecular weight is 384 g/mol. The van der Waals surface area contributed by atoms with Gasteiger partial charge in [-0.25, -0.2) is 9.18 Å². The summed E-state index contributed by atoms with van der Waals surface area (Å²) in [5, 5.41) is 2.99. The van der Waals surface area contributed by atoms with Crippen LogP contribution in [-0.2, 0) is 4.74 Å². The Hall–Kier alpha value is -2.67. The molecule has 2 saturated heterocycles. The molecule has 3 heterocycles. The lowest BCUT2D eigenvalue weighted by Gasteiger charge is -2.54. The number of aromatic nitrogens is 1. The molecule has 28 heavy (non-hydrogen) atoms. The molecular weight excluding hydrogens is 359 g/mol. The molecule has 6 nitrogen and oxygen atoms in total. The molecule has 0 radical (unpaired) electrons. The molecule has 0 bridgehead atoms. The monoisotopic (exact) mass is 384 g/mol. The molecule has 1 aromatic heterocycles. The summed E-state index contributed by atoms with van der Waals surface area (Å²) < 4.78 is 19.3. The first-order valence-electron chi connectivity index (χ1n) is 9.55. The maximum atomic E-state index is 13.9. The molecular formula is C21H25FN4O2. The minimum atomic E-state index is -0.321. The van der Waals surface area contributed by atoms with Crippen LogP contribution in [0.3, 0.4) is 0 Å². The van der Waals surface area contributed by atoms with Crippen LogP contribution < -0.4 is 10.2 Å². The van der Waals surface area contributed by atoms with E-state index in [0.717, 1.165) is 5.56 Å². The van der Waals surface area contributed by atoms with Crippen LogP contribution in [0.2, 0.25) is 0 Å². The fourth-order valence-corrected chi connectivity index (χ4v) is 4.15. The molecule has 1 aromatic carbocycles. The summed E-state index contributed by atoms with van der Waals surface area (Å²) in [7, 11) is 0. The van der Waals surface area contributed by atoms with Crippen molar-refractivity contribution in [3.63, 3.8) is 0 Å². The Morgan fingerprint density at radius 2 is 2.07 bits per heavy atom. The fourth-order valence-electron chi connectivity index (χ4n) is 4.15. The van der Waals surface area contributed by atoms with Gasteiger partial charge in [-0.1, -0.05) is 19.9 Å². The summed E-state index contributed by atoms with van der Waals surface area (Å²) in [5.74, 6) is -0.321. The highest BCUT2D eigenvalue weighted by molar-refractivity contribution is 5.94. The van der Waals surface area contributed by atoms with Crippen molar-refractivity contribution in [2.24, 2.45) is 5.41 Å². The Labute approximate surface area is 164 Å². The number of nitrogens with one attached hydrogen (secondary N) is 1. The van der Waals surface area contributed by atoms with Gasteiger partial charge in [-0.2, -0.15) is 0 Å². The largest absolute Gasteiger partial charge is 0.378 e. The number of hydrogen-bond donors (Lipinski definition) is 1. The fraction of sp³-hybridized carbons (Fsp3) is 0.429. The van der Waals surface area contributed by atoms with E-state index in [9.17, 15) is 9.18 Å². The smallest absolute Gasteiger partial charge is 0.322 e. The SMILES string of the molecule is CC1(C)CN(C(=O)Nc2ccc(F)cc2N2CCOCC2)C1c1cccnc1. The van der Waals surface area contributed by atoms with Gasteiger partial charge < -0.3 is 19.9 Å².